The van der Waals surface area contributed by atoms with Gasteiger partial charge in [0.1, 0.15) is 0 Å². The molecule has 0 aliphatic carbocycles. The van der Waals surface area contributed by atoms with Crippen molar-refractivity contribution in [2.75, 3.05) is 11.1 Å². The molecule has 2 aromatic rings. The zero-order valence-corrected chi connectivity index (χ0v) is 15.4. The summed E-state index contributed by atoms with van der Waals surface area (Å²) < 4.78 is 0. The molecule has 0 heterocycles. The van der Waals surface area contributed by atoms with Gasteiger partial charge in [0.2, 0.25) is 11.8 Å². The van der Waals surface area contributed by atoms with Gasteiger partial charge in [-0.1, -0.05) is 23.7 Å². The molecule has 0 aromatic heterocycles. The Labute approximate surface area is 154 Å². The Kier molecular flexibility index (Phi) is 7.02. The molecule has 0 aliphatic heterocycles. The molecule has 0 fully saturated rings. The van der Waals surface area contributed by atoms with Crippen LogP contribution in [0.4, 0.5) is 5.69 Å². The van der Waals surface area contributed by atoms with Gasteiger partial charge in [-0.2, -0.15) is 0 Å². The number of nitrogens with one attached hydrogen (secondary N) is 1. The second kappa shape index (κ2) is 9.01. The van der Waals surface area contributed by atoms with Gasteiger partial charge < -0.3 is 11.1 Å². The van der Waals surface area contributed by atoms with E-state index in [9.17, 15) is 9.59 Å². The predicted molar refractivity (Wildman–Crippen MR) is 102 cm³/mol. The van der Waals surface area contributed by atoms with Crippen molar-refractivity contribution in [1.29, 1.82) is 0 Å². The number of primary amides is 1. The van der Waals surface area contributed by atoms with Gasteiger partial charge >= 0.3 is 0 Å². The maximum Gasteiger partial charge on any atom is 0.237 e. The van der Waals surface area contributed by atoms with E-state index in [1.165, 1.54) is 23.5 Å². The fraction of sp³-hybridized carbons (Fsp3) is 0.176. The Morgan fingerprint density at radius 2 is 1.83 bits per heavy atom. The monoisotopic (exact) mass is 380 g/mol. The van der Waals surface area contributed by atoms with E-state index < -0.39 is 5.91 Å². The lowest BCUT2D eigenvalue weighted by molar-refractivity contribution is -0.116. The van der Waals surface area contributed by atoms with Crippen LogP contribution in [-0.4, -0.2) is 22.8 Å². The fourth-order valence-corrected chi connectivity index (χ4v) is 3.59. The third kappa shape index (κ3) is 5.78. The minimum atomic E-state index is -0.396. The van der Waals surface area contributed by atoms with Crippen LogP contribution in [0.15, 0.2) is 58.3 Å². The van der Waals surface area contributed by atoms with E-state index >= 15 is 0 Å². The zero-order valence-electron chi connectivity index (χ0n) is 13.0. The molecular weight excluding hydrogens is 364 g/mol. The van der Waals surface area contributed by atoms with Gasteiger partial charge in [-0.3, -0.25) is 9.59 Å². The number of carbonyl (C=O) groups excluding carboxylic acids is 2. The Balaban J connectivity index is 2.00. The highest BCUT2D eigenvalue weighted by Crippen LogP contribution is 2.29. The lowest BCUT2D eigenvalue weighted by atomic mass is 10.3. The molecule has 2 aromatic carbocycles. The van der Waals surface area contributed by atoms with Crippen LogP contribution < -0.4 is 11.1 Å². The first-order valence-corrected chi connectivity index (χ1v) is 9.43. The van der Waals surface area contributed by atoms with E-state index in [2.05, 4.69) is 5.32 Å². The van der Waals surface area contributed by atoms with Crippen LogP contribution >= 0.6 is 35.1 Å². The van der Waals surface area contributed by atoms with Crippen molar-refractivity contribution >= 4 is 52.6 Å². The number of benzene rings is 2. The molecule has 126 valence electrons. The summed E-state index contributed by atoms with van der Waals surface area (Å²) >= 11 is 8.62. The molecule has 2 rings (SSSR count). The summed E-state index contributed by atoms with van der Waals surface area (Å²) in [5.41, 5.74) is 5.85. The average molecular weight is 381 g/mol. The molecule has 2 amide bonds. The summed E-state index contributed by atoms with van der Waals surface area (Å²) in [7, 11) is 0. The summed E-state index contributed by atoms with van der Waals surface area (Å²) in [5.74, 6) is -0.336. The highest BCUT2D eigenvalue weighted by molar-refractivity contribution is 8.00. The summed E-state index contributed by atoms with van der Waals surface area (Å²) in [6.45, 7) is 1.84. The molecule has 4 nitrogen and oxygen atoms in total. The molecule has 0 bridgehead atoms. The van der Waals surface area contributed by atoms with Crippen molar-refractivity contribution in [2.24, 2.45) is 5.73 Å². The first kappa shape index (κ1) is 18.7. The second-order valence-electron chi connectivity index (χ2n) is 4.95. The van der Waals surface area contributed by atoms with E-state index in [1.54, 1.807) is 18.2 Å². The highest BCUT2D eigenvalue weighted by atomic mass is 35.5. The fourth-order valence-electron chi connectivity index (χ4n) is 1.85. The third-order valence-electron chi connectivity index (χ3n) is 3.01. The summed E-state index contributed by atoms with van der Waals surface area (Å²) in [6, 6.07) is 14.7. The normalized spacial score (nSPS) is 11.8. The number of para-hydroxylation sites is 1. The molecular formula is C17H17ClN2O2S2. The summed E-state index contributed by atoms with van der Waals surface area (Å²) in [6.07, 6.45) is 0. The van der Waals surface area contributed by atoms with Crippen molar-refractivity contribution < 1.29 is 9.59 Å². The minimum absolute atomic E-state index is 0.109. The van der Waals surface area contributed by atoms with Crippen LogP contribution in [0.5, 0.6) is 0 Å². The number of anilines is 1. The predicted octanol–water partition coefficient (Wildman–Crippen LogP) is 4.04. The van der Waals surface area contributed by atoms with Crippen LogP contribution in [-0.2, 0) is 9.59 Å². The summed E-state index contributed by atoms with van der Waals surface area (Å²) in [5, 5.41) is 3.29. The Morgan fingerprint density at radius 3 is 2.50 bits per heavy atom. The van der Waals surface area contributed by atoms with Gasteiger partial charge in [-0.25, -0.2) is 0 Å². The quantitative estimate of drug-likeness (QED) is 0.711. The molecule has 0 saturated carbocycles. The number of thioether (sulfide) groups is 2. The largest absolute Gasteiger partial charge is 0.369 e. The molecule has 24 heavy (non-hydrogen) atoms. The first-order chi connectivity index (χ1) is 11.5. The van der Waals surface area contributed by atoms with Crippen LogP contribution in [0.2, 0.25) is 5.02 Å². The Bertz CT molecular complexity index is 723. The van der Waals surface area contributed by atoms with Crippen LogP contribution in [0, 0.1) is 0 Å². The SMILES string of the molecule is CC(Sc1ccc(Cl)cc1)C(=O)Nc1ccccc1SCC(N)=O. The smallest absolute Gasteiger partial charge is 0.237 e. The first-order valence-electron chi connectivity index (χ1n) is 7.19. The van der Waals surface area contributed by atoms with Gasteiger partial charge in [0.15, 0.2) is 0 Å². The number of hydrogen-bond acceptors (Lipinski definition) is 4. The maximum atomic E-state index is 12.4. The lowest BCUT2D eigenvalue weighted by Gasteiger charge is -2.14. The van der Waals surface area contributed by atoms with Gasteiger partial charge in [-0.15, -0.1) is 23.5 Å². The Morgan fingerprint density at radius 1 is 1.17 bits per heavy atom. The van der Waals surface area contributed by atoms with Gasteiger partial charge in [-0.05, 0) is 43.3 Å². The number of rotatable bonds is 7. The van der Waals surface area contributed by atoms with Crippen molar-refractivity contribution in [1.82, 2.24) is 0 Å². The number of halogens is 1. The molecule has 0 aliphatic rings. The summed E-state index contributed by atoms with van der Waals surface area (Å²) in [4.78, 5) is 25.1. The topological polar surface area (TPSA) is 72.2 Å². The standard InChI is InChI=1S/C17H17ClN2O2S2/c1-11(24-13-8-6-12(18)7-9-13)17(22)20-14-4-2-3-5-15(14)23-10-16(19)21/h2-9,11H,10H2,1H3,(H2,19,21)(H,20,22). The van der Waals surface area contributed by atoms with E-state index in [0.29, 0.717) is 10.7 Å². The molecule has 7 heteroatoms. The van der Waals surface area contributed by atoms with Crippen LogP contribution in [0.3, 0.4) is 0 Å². The van der Waals surface area contributed by atoms with Crippen molar-refractivity contribution in [3.63, 3.8) is 0 Å². The molecule has 1 unspecified atom stereocenters. The molecule has 3 N–H and O–H groups in total. The highest BCUT2D eigenvalue weighted by Gasteiger charge is 2.16. The van der Waals surface area contributed by atoms with E-state index in [1.807, 2.05) is 37.3 Å². The van der Waals surface area contributed by atoms with Crippen LogP contribution in [0.1, 0.15) is 6.92 Å². The van der Waals surface area contributed by atoms with E-state index in [0.717, 1.165) is 9.79 Å². The minimum Gasteiger partial charge on any atom is -0.369 e. The van der Waals surface area contributed by atoms with Crippen LogP contribution in [0.25, 0.3) is 0 Å². The number of amides is 2. The molecule has 1 atom stereocenters. The molecule has 0 radical (unpaired) electrons. The average Bonchev–Trinajstić information content (AvgIpc) is 2.56. The van der Waals surface area contributed by atoms with Crippen molar-refractivity contribution in [3.05, 3.63) is 53.6 Å². The second-order valence-corrected chi connectivity index (χ2v) is 7.82. The number of carbonyl (C=O) groups is 2. The maximum absolute atomic E-state index is 12.4. The van der Waals surface area contributed by atoms with Gasteiger partial charge in [0.25, 0.3) is 0 Å². The zero-order chi connectivity index (χ0) is 17.5. The van der Waals surface area contributed by atoms with E-state index in [-0.39, 0.29) is 16.9 Å². The van der Waals surface area contributed by atoms with Crippen molar-refractivity contribution in [2.45, 2.75) is 22.0 Å². The van der Waals surface area contributed by atoms with Gasteiger partial charge in [0, 0.05) is 14.8 Å². The third-order valence-corrected chi connectivity index (χ3v) is 5.47. The van der Waals surface area contributed by atoms with Crippen molar-refractivity contribution in [3.8, 4) is 0 Å². The Hall–Kier alpha value is -1.63. The number of hydrogen-bond donors (Lipinski definition) is 2. The number of nitrogens with two attached hydrogens (primary N) is 1. The van der Waals surface area contributed by atoms with E-state index in [4.69, 9.17) is 17.3 Å². The molecule has 0 saturated heterocycles. The lowest BCUT2D eigenvalue weighted by Crippen LogP contribution is -2.22. The molecule has 0 spiro atoms. The van der Waals surface area contributed by atoms with Gasteiger partial charge in [0.05, 0.1) is 16.7 Å².